The molecule has 0 aliphatic carbocycles. The minimum absolute atomic E-state index is 0.160. The Morgan fingerprint density at radius 1 is 1.30 bits per heavy atom. The molecule has 0 aliphatic heterocycles. The molecule has 0 bridgehead atoms. The Bertz CT molecular complexity index is 552. The molecule has 1 amide bonds. The van der Waals surface area contributed by atoms with Crippen LogP contribution in [0.15, 0.2) is 34.7 Å². The van der Waals surface area contributed by atoms with Crippen molar-refractivity contribution in [1.82, 2.24) is 15.5 Å². The van der Waals surface area contributed by atoms with Gasteiger partial charge in [-0.1, -0.05) is 44.2 Å². The fraction of sp³-hybridized carbons (Fsp3) is 0.357. The third-order valence-corrected chi connectivity index (χ3v) is 2.57. The maximum atomic E-state index is 11.5. The van der Waals surface area contributed by atoms with E-state index in [0.29, 0.717) is 11.8 Å². The van der Waals surface area contributed by atoms with Crippen molar-refractivity contribution in [2.75, 3.05) is 0 Å². The number of aromatic nitrogens is 2. The van der Waals surface area contributed by atoms with Crippen LogP contribution in [0.1, 0.15) is 37.1 Å². The van der Waals surface area contributed by atoms with Gasteiger partial charge in [-0.2, -0.15) is 0 Å². The molecule has 2 rings (SSSR count). The van der Waals surface area contributed by atoms with E-state index in [1.807, 2.05) is 44.2 Å². The van der Waals surface area contributed by atoms with Crippen LogP contribution >= 0.6 is 0 Å². The van der Waals surface area contributed by atoms with Gasteiger partial charge >= 0.3 is 6.09 Å². The minimum atomic E-state index is -0.516. The Hall–Kier alpha value is -2.37. The first-order chi connectivity index (χ1) is 9.65. The second-order valence-corrected chi connectivity index (χ2v) is 4.60. The maximum Gasteiger partial charge on any atom is 0.407 e. The van der Waals surface area contributed by atoms with Gasteiger partial charge in [-0.15, -0.1) is 10.2 Å². The summed E-state index contributed by atoms with van der Waals surface area (Å²) in [4.78, 5) is 11.5. The van der Waals surface area contributed by atoms with Crippen LogP contribution < -0.4 is 5.32 Å². The smallest absolute Gasteiger partial charge is 0.407 e. The number of nitrogens with zero attached hydrogens (tertiary/aromatic N) is 2. The molecule has 0 unspecified atom stereocenters. The highest BCUT2D eigenvalue weighted by molar-refractivity contribution is 5.66. The molecule has 1 aromatic heterocycles. The number of rotatable bonds is 5. The average molecular weight is 275 g/mol. The SMILES string of the molecule is CC(C)c1nnc(CNC(=O)OCc2ccccc2)o1. The van der Waals surface area contributed by atoms with Gasteiger partial charge in [0.1, 0.15) is 6.61 Å². The number of hydrogen-bond acceptors (Lipinski definition) is 5. The van der Waals surface area contributed by atoms with Gasteiger partial charge < -0.3 is 14.5 Å². The standard InChI is InChI=1S/C14H17N3O3/c1-10(2)13-17-16-12(20-13)8-15-14(18)19-9-11-6-4-3-5-7-11/h3-7,10H,8-9H2,1-2H3,(H,15,18). The van der Waals surface area contributed by atoms with Crippen molar-refractivity contribution in [3.8, 4) is 0 Å². The van der Waals surface area contributed by atoms with E-state index in [1.54, 1.807) is 0 Å². The number of hydrogen-bond donors (Lipinski definition) is 1. The van der Waals surface area contributed by atoms with E-state index in [2.05, 4.69) is 15.5 Å². The molecule has 1 heterocycles. The Balaban J connectivity index is 1.74. The number of amides is 1. The number of benzene rings is 1. The van der Waals surface area contributed by atoms with Crippen LogP contribution in [-0.4, -0.2) is 16.3 Å². The molecule has 6 heteroatoms. The summed E-state index contributed by atoms with van der Waals surface area (Å²) in [6.45, 7) is 4.30. The lowest BCUT2D eigenvalue weighted by molar-refractivity contribution is 0.138. The van der Waals surface area contributed by atoms with E-state index in [4.69, 9.17) is 9.15 Å². The van der Waals surface area contributed by atoms with E-state index >= 15 is 0 Å². The first kappa shape index (κ1) is 14.0. The lowest BCUT2D eigenvalue weighted by Gasteiger charge is -2.05. The molecule has 106 valence electrons. The highest BCUT2D eigenvalue weighted by atomic mass is 16.5. The molecule has 20 heavy (non-hydrogen) atoms. The van der Waals surface area contributed by atoms with Crippen LogP contribution in [0.4, 0.5) is 4.79 Å². The highest BCUT2D eigenvalue weighted by Gasteiger charge is 2.10. The van der Waals surface area contributed by atoms with E-state index in [0.717, 1.165) is 5.56 Å². The molecule has 0 radical (unpaired) electrons. The fourth-order valence-corrected chi connectivity index (χ4v) is 1.49. The summed E-state index contributed by atoms with van der Waals surface area (Å²) in [7, 11) is 0. The number of nitrogens with one attached hydrogen (secondary N) is 1. The zero-order valence-electron chi connectivity index (χ0n) is 11.5. The van der Waals surface area contributed by atoms with Crippen LogP contribution in [0, 0.1) is 0 Å². The highest BCUT2D eigenvalue weighted by Crippen LogP contribution is 2.11. The predicted octanol–water partition coefficient (Wildman–Crippen LogP) is 2.62. The summed E-state index contributed by atoms with van der Waals surface area (Å²) >= 11 is 0. The Morgan fingerprint density at radius 2 is 2.05 bits per heavy atom. The molecule has 6 nitrogen and oxygen atoms in total. The number of carbonyl (C=O) groups excluding carboxylic acids is 1. The molecule has 0 spiro atoms. The summed E-state index contributed by atoms with van der Waals surface area (Å²) in [5.74, 6) is 1.09. The quantitative estimate of drug-likeness (QED) is 0.907. The molecule has 0 saturated carbocycles. The first-order valence-electron chi connectivity index (χ1n) is 6.42. The van der Waals surface area contributed by atoms with E-state index in [9.17, 15) is 4.79 Å². The van der Waals surface area contributed by atoms with Gasteiger partial charge in [-0.05, 0) is 5.56 Å². The first-order valence-corrected chi connectivity index (χ1v) is 6.42. The lowest BCUT2D eigenvalue weighted by Crippen LogP contribution is -2.23. The zero-order chi connectivity index (χ0) is 14.4. The monoisotopic (exact) mass is 275 g/mol. The van der Waals surface area contributed by atoms with Crippen LogP contribution in [0.5, 0.6) is 0 Å². The zero-order valence-corrected chi connectivity index (χ0v) is 11.5. The van der Waals surface area contributed by atoms with Gasteiger partial charge in [0, 0.05) is 5.92 Å². The fourth-order valence-electron chi connectivity index (χ4n) is 1.49. The van der Waals surface area contributed by atoms with Crippen LogP contribution in [-0.2, 0) is 17.9 Å². The molecule has 1 N–H and O–H groups in total. The summed E-state index contributed by atoms with van der Waals surface area (Å²) in [6, 6.07) is 9.47. The van der Waals surface area contributed by atoms with E-state index in [1.165, 1.54) is 0 Å². The predicted molar refractivity (Wildman–Crippen MR) is 71.9 cm³/mol. The van der Waals surface area contributed by atoms with Gasteiger partial charge in [0.15, 0.2) is 0 Å². The van der Waals surface area contributed by atoms with Gasteiger partial charge in [0.2, 0.25) is 11.8 Å². The normalized spacial score (nSPS) is 10.6. The van der Waals surface area contributed by atoms with Gasteiger partial charge in [-0.25, -0.2) is 4.79 Å². The maximum absolute atomic E-state index is 11.5. The van der Waals surface area contributed by atoms with Crippen molar-refractivity contribution in [3.05, 3.63) is 47.7 Å². The van der Waals surface area contributed by atoms with Gasteiger partial charge in [0.05, 0.1) is 6.54 Å². The largest absolute Gasteiger partial charge is 0.445 e. The lowest BCUT2D eigenvalue weighted by atomic mass is 10.2. The van der Waals surface area contributed by atoms with Crippen molar-refractivity contribution in [2.45, 2.75) is 32.9 Å². The van der Waals surface area contributed by atoms with Crippen molar-refractivity contribution in [1.29, 1.82) is 0 Å². The van der Waals surface area contributed by atoms with Crippen molar-refractivity contribution < 1.29 is 13.9 Å². The van der Waals surface area contributed by atoms with Gasteiger partial charge in [-0.3, -0.25) is 0 Å². The molecule has 0 atom stereocenters. The van der Waals surface area contributed by atoms with E-state index < -0.39 is 6.09 Å². The molecular formula is C14H17N3O3. The Labute approximate surface area is 117 Å². The number of ether oxygens (including phenoxy) is 1. The number of alkyl carbamates (subject to hydrolysis) is 1. The third-order valence-electron chi connectivity index (χ3n) is 2.57. The molecule has 0 fully saturated rings. The summed E-state index contributed by atoms with van der Waals surface area (Å²) in [5, 5.41) is 10.3. The van der Waals surface area contributed by atoms with Crippen LogP contribution in [0.2, 0.25) is 0 Å². The number of carbonyl (C=O) groups is 1. The average Bonchev–Trinajstić information content (AvgIpc) is 2.93. The molecule has 0 saturated heterocycles. The molecule has 1 aromatic carbocycles. The Morgan fingerprint density at radius 3 is 2.70 bits per heavy atom. The van der Waals surface area contributed by atoms with Crippen LogP contribution in [0.25, 0.3) is 0 Å². The van der Waals surface area contributed by atoms with Crippen LogP contribution in [0.3, 0.4) is 0 Å². The second kappa shape index (κ2) is 6.70. The summed E-state index contributed by atoms with van der Waals surface area (Å²) in [6.07, 6.45) is -0.516. The topological polar surface area (TPSA) is 77.2 Å². The van der Waals surface area contributed by atoms with Crippen molar-refractivity contribution >= 4 is 6.09 Å². The van der Waals surface area contributed by atoms with E-state index in [-0.39, 0.29) is 19.1 Å². The Kier molecular flexibility index (Phi) is 4.70. The third kappa shape index (κ3) is 4.08. The van der Waals surface area contributed by atoms with Crippen molar-refractivity contribution in [3.63, 3.8) is 0 Å². The van der Waals surface area contributed by atoms with Crippen molar-refractivity contribution in [2.24, 2.45) is 0 Å². The molecule has 0 aliphatic rings. The van der Waals surface area contributed by atoms with Gasteiger partial charge in [0.25, 0.3) is 0 Å². The molecule has 2 aromatic rings. The summed E-state index contributed by atoms with van der Waals surface area (Å²) in [5.41, 5.74) is 0.933. The second-order valence-electron chi connectivity index (χ2n) is 4.60. The minimum Gasteiger partial charge on any atom is -0.445 e. The summed E-state index contributed by atoms with van der Waals surface area (Å²) < 4.78 is 10.4. The molecular weight excluding hydrogens is 258 g/mol.